The molecule has 5 heteroatoms. The Morgan fingerprint density at radius 2 is 2.00 bits per heavy atom. The van der Waals surface area contributed by atoms with E-state index in [9.17, 15) is 4.79 Å². The highest BCUT2D eigenvalue weighted by Crippen LogP contribution is 2.21. The molecule has 0 aliphatic heterocycles. The van der Waals surface area contributed by atoms with E-state index in [1.54, 1.807) is 31.2 Å². The van der Waals surface area contributed by atoms with Gasteiger partial charge in [-0.25, -0.2) is 0 Å². The normalized spacial score (nSPS) is 16.4. The van der Waals surface area contributed by atoms with Crippen LogP contribution in [-0.4, -0.2) is 43.1 Å². The second-order valence-electron chi connectivity index (χ2n) is 6.46. The maximum atomic E-state index is 12.1. The monoisotopic (exact) mass is 329 g/mol. The molecule has 1 aromatic carbocycles. The number of carbonyl (C=O) groups excluding carboxylic acids is 1. The summed E-state index contributed by atoms with van der Waals surface area (Å²) in [7, 11) is 2.14. The van der Waals surface area contributed by atoms with Crippen LogP contribution in [0, 0.1) is 11.3 Å². The molecular weight excluding hydrogens is 302 g/mol. The van der Waals surface area contributed by atoms with E-state index in [1.807, 2.05) is 0 Å². The van der Waals surface area contributed by atoms with Gasteiger partial charge in [-0.05, 0) is 51.1 Å². The Labute approximate surface area is 144 Å². The number of carbonyl (C=O) groups is 1. The van der Waals surface area contributed by atoms with E-state index in [1.165, 1.54) is 32.1 Å². The minimum absolute atomic E-state index is 0.114. The number of nitrogens with zero attached hydrogens (tertiary/aromatic N) is 2. The molecule has 1 atom stereocenters. The lowest BCUT2D eigenvalue weighted by atomic mass is 9.94. The van der Waals surface area contributed by atoms with E-state index >= 15 is 0 Å². The highest BCUT2D eigenvalue weighted by Gasteiger charge is 2.18. The zero-order valence-electron chi connectivity index (χ0n) is 14.6. The molecule has 1 amide bonds. The first-order valence-corrected chi connectivity index (χ1v) is 8.75. The molecule has 1 saturated carbocycles. The van der Waals surface area contributed by atoms with Crippen molar-refractivity contribution in [2.24, 2.45) is 0 Å². The van der Waals surface area contributed by atoms with Gasteiger partial charge in [-0.1, -0.05) is 19.3 Å². The summed E-state index contributed by atoms with van der Waals surface area (Å²) < 4.78 is 5.61. The first-order chi connectivity index (χ1) is 11.6. The van der Waals surface area contributed by atoms with Crippen molar-refractivity contribution < 1.29 is 9.53 Å². The summed E-state index contributed by atoms with van der Waals surface area (Å²) >= 11 is 0. The van der Waals surface area contributed by atoms with Gasteiger partial charge in [0.05, 0.1) is 11.6 Å². The fourth-order valence-electron chi connectivity index (χ4n) is 3.07. The number of nitriles is 1. The summed E-state index contributed by atoms with van der Waals surface area (Å²) in [6.45, 7) is 3.23. The molecule has 5 nitrogen and oxygen atoms in total. The number of hydrogen-bond donors (Lipinski definition) is 1. The smallest absolute Gasteiger partial charge is 0.260 e. The number of ether oxygens (including phenoxy) is 1. The molecule has 1 unspecified atom stereocenters. The van der Waals surface area contributed by atoms with Crippen molar-refractivity contribution in [3.05, 3.63) is 29.8 Å². The number of amides is 1. The van der Waals surface area contributed by atoms with Gasteiger partial charge in [0, 0.05) is 19.1 Å². The quantitative estimate of drug-likeness (QED) is 0.835. The van der Waals surface area contributed by atoms with Gasteiger partial charge in [-0.15, -0.1) is 0 Å². The number of likely N-dealkylation sites (N-methyl/N-ethyl adjacent to an activating group) is 1. The number of rotatable bonds is 7. The molecule has 0 bridgehead atoms. The first kappa shape index (κ1) is 18.3. The maximum absolute atomic E-state index is 12.1. The van der Waals surface area contributed by atoms with Crippen LogP contribution in [0.1, 0.15) is 44.6 Å². The zero-order chi connectivity index (χ0) is 17.4. The molecule has 130 valence electrons. The number of hydrogen-bond acceptors (Lipinski definition) is 4. The lowest BCUT2D eigenvalue weighted by Gasteiger charge is -2.31. The average molecular weight is 329 g/mol. The highest BCUT2D eigenvalue weighted by atomic mass is 16.5. The molecule has 0 heterocycles. The lowest BCUT2D eigenvalue weighted by Crippen LogP contribution is -2.42. The second-order valence-corrected chi connectivity index (χ2v) is 6.46. The van der Waals surface area contributed by atoms with Gasteiger partial charge < -0.3 is 15.0 Å². The van der Waals surface area contributed by atoms with Gasteiger partial charge in [0.25, 0.3) is 5.91 Å². The van der Waals surface area contributed by atoms with Crippen LogP contribution in [0.2, 0.25) is 0 Å². The van der Waals surface area contributed by atoms with Crippen molar-refractivity contribution >= 4 is 5.91 Å². The minimum atomic E-state index is -0.557. The van der Waals surface area contributed by atoms with Crippen molar-refractivity contribution in [3.8, 4) is 11.8 Å². The lowest BCUT2D eigenvalue weighted by molar-refractivity contribution is -0.127. The maximum Gasteiger partial charge on any atom is 0.260 e. The SMILES string of the molecule is CC(Oc1ccc(C#N)cc1)C(=O)NCCN(C)C1CCCCC1. The third-order valence-electron chi connectivity index (χ3n) is 4.63. The fourth-order valence-corrected chi connectivity index (χ4v) is 3.07. The van der Waals surface area contributed by atoms with E-state index in [2.05, 4.69) is 23.3 Å². The van der Waals surface area contributed by atoms with E-state index in [-0.39, 0.29) is 5.91 Å². The Balaban J connectivity index is 1.70. The molecule has 1 aliphatic rings. The van der Waals surface area contributed by atoms with Gasteiger partial charge >= 0.3 is 0 Å². The summed E-state index contributed by atoms with van der Waals surface area (Å²) in [5, 5.41) is 11.7. The topological polar surface area (TPSA) is 65.4 Å². The van der Waals surface area contributed by atoms with Crippen LogP contribution < -0.4 is 10.1 Å². The van der Waals surface area contributed by atoms with Gasteiger partial charge in [-0.3, -0.25) is 4.79 Å². The molecule has 1 N–H and O–H groups in total. The third kappa shape index (κ3) is 5.54. The predicted octanol–water partition coefficient (Wildman–Crippen LogP) is 2.71. The van der Waals surface area contributed by atoms with Gasteiger partial charge in [-0.2, -0.15) is 5.26 Å². The first-order valence-electron chi connectivity index (χ1n) is 8.75. The molecule has 1 aromatic rings. The summed E-state index contributed by atoms with van der Waals surface area (Å²) in [6.07, 6.45) is 5.96. The van der Waals surface area contributed by atoms with E-state index < -0.39 is 6.10 Å². The predicted molar refractivity (Wildman–Crippen MR) is 93.8 cm³/mol. The number of nitrogens with one attached hydrogen (secondary N) is 1. The van der Waals surface area contributed by atoms with Crippen LogP contribution in [0.5, 0.6) is 5.75 Å². The van der Waals surface area contributed by atoms with Crippen LogP contribution in [0.25, 0.3) is 0 Å². The van der Waals surface area contributed by atoms with Gasteiger partial charge in [0.1, 0.15) is 5.75 Å². The van der Waals surface area contributed by atoms with Crippen molar-refractivity contribution in [1.82, 2.24) is 10.2 Å². The zero-order valence-corrected chi connectivity index (χ0v) is 14.6. The Kier molecular flexibility index (Phi) is 7.07. The van der Waals surface area contributed by atoms with Crippen molar-refractivity contribution in [1.29, 1.82) is 5.26 Å². The molecule has 0 spiro atoms. The Hall–Kier alpha value is -2.06. The fraction of sp³-hybridized carbons (Fsp3) is 0.579. The minimum Gasteiger partial charge on any atom is -0.481 e. The summed E-state index contributed by atoms with van der Waals surface area (Å²) in [5.41, 5.74) is 0.574. The molecule has 2 rings (SSSR count). The van der Waals surface area contributed by atoms with E-state index in [0.29, 0.717) is 23.9 Å². The summed E-state index contributed by atoms with van der Waals surface area (Å²) in [4.78, 5) is 14.5. The standard InChI is InChI=1S/C19H27N3O2/c1-15(24-18-10-8-16(14-20)9-11-18)19(23)21-12-13-22(2)17-6-4-3-5-7-17/h8-11,15,17H,3-7,12-13H2,1-2H3,(H,21,23). The molecule has 0 radical (unpaired) electrons. The van der Waals surface area contributed by atoms with Crippen molar-refractivity contribution in [3.63, 3.8) is 0 Å². The number of benzene rings is 1. The van der Waals surface area contributed by atoms with E-state index in [0.717, 1.165) is 6.54 Å². The molecule has 0 aromatic heterocycles. The Morgan fingerprint density at radius 1 is 1.33 bits per heavy atom. The summed E-state index contributed by atoms with van der Waals surface area (Å²) in [6, 6.07) is 9.49. The van der Waals surface area contributed by atoms with Crippen LogP contribution in [0.4, 0.5) is 0 Å². The molecule has 0 saturated heterocycles. The third-order valence-corrected chi connectivity index (χ3v) is 4.63. The second kappa shape index (κ2) is 9.29. The van der Waals surface area contributed by atoms with Crippen LogP contribution >= 0.6 is 0 Å². The van der Waals surface area contributed by atoms with Crippen LogP contribution in [-0.2, 0) is 4.79 Å². The van der Waals surface area contributed by atoms with Crippen molar-refractivity contribution in [2.75, 3.05) is 20.1 Å². The van der Waals surface area contributed by atoms with Crippen LogP contribution in [0.3, 0.4) is 0 Å². The van der Waals surface area contributed by atoms with Crippen LogP contribution in [0.15, 0.2) is 24.3 Å². The largest absolute Gasteiger partial charge is 0.481 e. The highest BCUT2D eigenvalue weighted by molar-refractivity contribution is 5.80. The Bertz CT molecular complexity index is 559. The molecular formula is C19H27N3O2. The van der Waals surface area contributed by atoms with E-state index in [4.69, 9.17) is 10.00 Å². The molecule has 24 heavy (non-hydrogen) atoms. The molecule has 1 aliphatic carbocycles. The Morgan fingerprint density at radius 3 is 2.62 bits per heavy atom. The average Bonchev–Trinajstić information content (AvgIpc) is 2.62. The van der Waals surface area contributed by atoms with Crippen molar-refractivity contribution in [2.45, 2.75) is 51.2 Å². The van der Waals surface area contributed by atoms with Gasteiger partial charge in [0.2, 0.25) is 0 Å². The molecule has 1 fully saturated rings. The van der Waals surface area contributed by atoms with Gasteiger partial charge in [0.15, 0.2) is 6.10 Å². The summed E-state index contributed by atoms with van der Waals surface area (Å²) in [5.74, 6) is 0.479.